The van der Waals surface area contributed by atoms with Crippen LogP contribution >= 0.6 is 0 Å². The normalized spacial score (nSPS) is 13.2. The first kappa shape index (κ1) is 19.9. The molecule has 122 valence electrons. The van der Waals surface area contributed by atoms with Crippen LogP contribution < -0.4 is 0 Å². The lowest BCUT2D eigenvalue weighted by atomic mass is 10.1. The van der Waals surface area contributed by atoms with E-state index in [-0.39, 0.29) is 6.10 Å². The van der Waals surface area contributed by atoms with Gasteiger partial charge in [0, 0.05) is 6.42 Å². The number of carboxylic acid groups (broad SMARTS) is 1. The fraction of sp³-hybridized carbons (Fsp3) is 0.722. The second kappa shape index (κ2) is 15.3. The lowest BCUT2D eigenvalue weighted by Crippen LogP contribution is -1.99. The summed E-state index contributed by atoms with van der Waals surface area (Å²) in [5.41, 5.74) is 0. The van der Waals surface area contributed by atoms with Gasteiger partial charge < -0.3 is 10.2 Å². The number of aliphatic hydroxyl groups excluding tert-OH is 1. The molecule has 1 unspecified atom stereocenters. The number of carbonyl (C=O) groups is 1. The molecule has 0 aromatic rings. The largest absolute Gasteiger partial charge is 0.481 e. The molecule has 0 aromatic carbocycles. The highest BCUT2D eigenvalue weighted by molar-refractivity contribution is 5.66. The molecule has 0 bridgehead atoms. The summed E-state index contributed by atoms with van der Waals surface area (Å²) in [6, 6.07) is 0. The Morgan fingerprint density at radius 1 is 0.952 bits per heavy atom. The summed E-state index contributed by atoms with van der Waals surface area (Å²) in [6.45, 7) is 2.17. The molecule has 3 heteroatoms. The van der Waals surface area contributed by atoms with Crippen LogP contribution in [0.25, 0.3) is 0 Å². The van der Waals surface area contributed by atoms with E-state index in [0.29, 0.717) is 12.8 Å². The third-order valence-corrected chi connectivity index (χ3v) is 3.39. The van der Waals surface area contributed by atoms with Gasteiger partial charge in [0.1, 0.15) is 0 Å². The maximum atomic E-state index is 10.3. The van der Waals surface area contributed by atoms with Crippen LogP contribution in [0, 0.1) is 0 Å². The topological polar surface area (TPSA) is 57.5 Å². The number of hydrogen-bond donors (Lipinski definition) is 2. The highest BCUT2D eigenvalue weighted by Gasteiger charge is 1.96. The summed E-state index contributed by atoms with van der Waals surface area (Å²) >= 11 is 0. The van der Waals surface area contributed by atoms with Crippen molar-refractivity contribution < 1.29 is 15.0 Å². The van der Waals surface area contributed by atoms with E-state index in [1.807, 2.05) is 6.08 Å². The van der Waals surface area contributed by atoms with Crippen molar-refractivity contribution in [2.45, 2.75) is 83.7 Å². The average molecular weight is 296 g/mol. The second-order valence-electron chi connectivity index (χ2n) is 5.55. The van der Waals surface area contributed by atoms with Gasteiger partial charge in [-0.05, 0) is 32.1 Å². The lowest BCUT2D eigenvalue weighted by molar-refractivity contribution is -0.137. The summed E-state index contributed by atoms with van der Waals surface area (Å²) in [5.74, 6) is -0.694. The molecule has 0 aliphatic rings. The first-order valence-corrected chi connectivity index (χ1v) is 8.38. The Kier molecular flexibility index (Phi) is 14.5. The van der Waals surface area contributed by atoms with Gasteiger partial charge in [0.25, 0.3) is 0 Å². The van der Waals surface area contributed by atoms with E-state index in [4.69, 9.17) is 5.11 Å². The maximum Gasteiger partial charge on any atom is 0.303 e. The zero-order valence-corrected chi connectivity index (χ0v) is 13.5. The van der Waals surface area contributed by atoms with Gasteiger partial charge in [0.2, 0.25) is 0 Å². The van der Waals surface area contributed by atoms with Crippen molar-refractivity contribution in [2.75, 3.05) is 0 Å². The van der Waals surface area contributed by atoms with Crippen molar-refractivity contribution in [1.29, 1.82) is 0 Å². The molecule has 0 amide bonds. The number of aliphatic carboxylic acids is 1. The number of hydrogen-bond acceptors (Lipinski definition) is 2. The number of rotatable bonds is 14. The lowest BCUT2D eigenvalue weighted by Gasteiger charge is -2.01. The number of aliphatic hydroxyl groups is 1. The Labute approximate surface area is 129 Å². The molecule has 0 spiro atoms. The Balaban J connectivity index is 3.35. The maximum absolute atomic E-state index is 10.3. The third kappa shape index (κ3) is 16.9. The fourth-order valence-corrected chi connectivity index (χ4v) is 2.08. The van der Waals surface area contributed by atoms with Crippen molar-refractivity contribution >= 4 is 5.97 Å². The van der Waals surface area contributed by atoms with Gasteiger partial charge in [0.15, 0.2) is 0 Å². The summed E-state index contributed by atoms with van der Waals surface area (Å²) in [6.07, 6.45) is 18.5. The zero-order valence-electron chi connectivity index (χ0n) is 13.5. The van der Waals surface area contributed by atoms with Crippen molar-refractivity contribution in [3.05, 3.63) is 24.3 Å². The van der Waals surface area contributed by atoms with Crippen LogP contribution in [0.5, 0.6) is 0 Å². The molecular weight excluding hydrogens is 264 g/mol. The average Bonchev–Trinajstić information content (AvgIpc) is 2.45. The summed E-state index contributed by atoms with van der Waals surface area (Å²) in [5, 5.41) is 18.2. The molecule has 1 atom stereocenters. The van der Waals surface area contributed by atoms with E-state index in [1.165, 1.54) is 12.8 Å². The molecule has 0 rings (SSSR count). The van der Waals surface area contributed by atoms with Crippen LogP contribution in [0.3, 0.4) is 0 Å². The quantitative estimate of drug-likeness (QED) is 0.355. The molecule has 2 N–H and O–H groups in total. The minimum absolute atomic E-state index is 0.295. The summed E-state index contributed by atoms with van der Waals surface area (Å²) in [7, 11) is 0. The summed E-state index contributed by atoms with van der Waals surface area (Å²) < 4.78 is 0. The SMILES string of the molecule is CCCC/C=C/C(O)C/C=C\CCCCCCCC(=O)O. The summed E-state index contributed by atoms with van der Waals surface area (Å²) in [4.78, 5) is 10.3. The van der Waals surface area contributed by atoms with Crippen LogP contribution in [0.4, 0.5) is 0 Å². The third-order valence-electron chi connectivity index (χ3n) is 3.39. The molecule has 0 aliphatic carbocycles. The zero-order chi connectivity index (χ0) is 15.8. The van der Waals surface area contributed by atoms with Gasteiger partial charge in [-0.15, -0.1) is 0 Å². The highest BCUT2D eigenvalue weighted by atomic mass is 16.4. The van der Waals surface area contributed by atoms with Crippen molar-refractivity contribution in [2.24, 2.45) is 0 Å². The number of unbranched alkanes of at least 4 members (excludes halogenated alkanes) is 7. The molecule has 0 saturated carbocycles. The predicted molar refractivity (Wildman–Crippen MR) is 88.4 cm³/mol. The molecule has 0 saturated heterocycles. The van der Waals surface area contributed by atoms with Crippen LogP contribution in [-0.2, 0) is 4.79 Å². The molecule has 0 aromatic heterocycles. The first-order chi connectivity index (χ1) is 10.2. The smallest absolute Gasteiger partial charge is 0.303 e. The molecule has 3 nitrogen and oxygen atoms in total. The van der Waals surface area contributed by atoms with E-state index < -0.39 is 5.97 Å². The molecule has 0 aliphatic heterocycles. The van der Waals surface area contributed by atoms with Crippen LogP contribution in [0.1, 0.15) is 77.6 Å². The van der Waals surface area contributed by atoms with E-state index >= 15 is 0 Å². The Morgan fingerprint density at radius 2 is 1.62 bits per heavy atom. The molecule has 0 radical (unpaired) electrons. The molecule has 21 heavy (non-hydrogen) atoms. The Bertz CT molecular complexity index is 295. The predicted octanol–water partition coefficient (Wildman–Crippen LogP) is 4.86. The Hall–Kier alpha value is -1.09. The second-order valence-corrected chi connectivity index (χ2v) is 5.55. The van der Waals surface area contributed by atoms with Gasteiger partial charge in [-0.2, -0.15) is 0 Å². The molecule has 0 fully saturated rings. The van der Waals surface area contributed by atoms with E-state index in [1.54, 1.807) is 0 Å². The molecule has 0 heterocycles. The first-order valence-electron chi connectivity index (χ1n) is 8.38. The van der Waals surface area contributed by atoms with Crippen LogP contribution in [0.15, 0.2) is 24.3 Å². The minimum Gasteiger partial charge on any atom is -0.481 e. The number of carboxylic acids is 1. The fourth-order valence-electron chi connectivity index (χ4n) is 2.08. The van der Waals surface area contributed by atoms with Crippen molar-refractivity contribution in [3.8, 4) is 0 Å². The standard InChI is InChI=1S/C18H32O3/c1-2-3-4-11-14-17(19)15-12-9-7-5-6-8-10-13-16-18(20)21/h9,11-12,14,17,19H,2-8,10,13,15-16H2,1H3,(H,20,21)/b12-9-,14-11+. The van der Waals surface area contributed by atoms with Crippen LogP contribution in [0.2, 0.25) is 0 Å². The molecular formula is C18H32O3. The highest BCUT2D eigenvalue weighted by Crippen LogP contribution is 2.08. The van der Waals surface area contributed by atoms with Crippen molar-refractivity contribution in [3.63, 3.8) is 0 Å². The van der Waals surface area contributed by atoms with Gasteiger partial charge in [-0.3, -0.25) is 4.79 Å². The van der Waals surface area contributed by atoms with Gasteiger partial charge in [0.05, 0.1) is 6.10 Å². The Morgan fingerprint density at radius 3 is 2.33 bits per heavy atom. The van der Waals surface area contributed by atoms with Gasteiger partial charge in [-0.25, -0.2) is 0 Å². The minimum atomic E-state index is -0.694. The van der Waals surface area contributed by atoms with E-state index in [2.05, 4.69) is 25.2 Å². The van der Waals surface area contributed by atoms with Crippen LogP contribution in [-0.4, -0.2) is 22.3 Å². The van der Waals surface area contributed by atoms with E-state index in [0.717, 1.165) is 44.9 Å². The van der Waals surface area contributed by atoms with Gasteiger partial charge in [-0.1, -0.05) is 63.3 Å². The monoisotopic (exact) mass is 296 g/mol. The number of allylic oxidation sites excluding steroid dienone is 2. The van der Waals surface area contributed by atoms with E-state index in [9.17, 15) is 9.90 Å². The van der Waals surface area contributed by atoms with Gasteiger partial charge >= 0.3 is 5.97 Å². The van der Waals surface area contributed by atoms with Crippen molar-refractivity contribution in [1.82, 2.24) is 0 Å².